The van der Waals surface area contributed by atoms with Crippen LogP contribution in [0.1, 0.15) is 48.2 Å². The first-order valence-corrected chi connectivity index (χ1v) is 13.3. The topological polar surface area (TPSA) is 41.5 Å². The third kappa shape index (κ3) is 4.59. The number of piperidine rings is 1. The zero-order valence-electron chi connectivity index (χ0n) is 22.4. The van der Waals surface area contributed by atoms with Crippen molar-refractivity contribution in [2.75, 3.05) is 36.5 Å². The Hall–Kier alpha value is -2.63. The number of fused-ring (bicyclic) bond motifs is 1. The smallest absolute Gasteiger partial charge is 0.162 e. The lowest BCUT2D eigenvalue weighted by molar-refractivity contribution is -0.00647. The number of halogens is 1. The number of hydrogen-bond acceptors (Lipinski definition) is 5. The van der Waals surface area contributed by atoms with E-state index in [1.54, 1.807) is 0 Å². The third-order valence-electron chi connectivity index (χ3n) is 7.97. The van der Waals surface area contributed by atoms with Gasteiger partial charge >= 0.3 is 0 Å². The van der Waals surface area contributed by atoms with Crippen LogP contribution in [0, 0.1) is 26.2 Å². The zero-order chi connectivity index (χ0) is 25.6. The van der Waals surface area contributed by atoms with Crippen LogP contribution in [0.5, 0.6) is 0 Å². The lowest BCUT2D eigenvalue weighted by Crippen LogP contribution is -2.50. The maximum atomic E-state index is 6.39. The van der Waals surface area contributed by atoms with Gasteiger partial charge in [0.1, 0.15) is 5.82 Å². The second kappa shape index (κ2) is 9.68. The Labute approximate surface area is 220 Å². The number of nitrogens with zero attached hydrogens (tertiary/aromatic N) is 4. The molecule has 1 aromatic heterocycles. The normalized spacial score (nSPS) is 19.4. The van der Waals surface area contributed by atoms with Gasteiger partial charge in [-0.3, -0.25) is 0 Å². The van der Waals surface area contributed by atoms with Crippen LogP contribution in [0.15, 0.2) is 36.4 Å². The number of anilines is 2. The zero-order valence-corrected chi connectivity index (χ0v) is 23.1. The monoisotopic (exact) mass is 504 g/mol. The van der Waals surface area contributed by atoms with Crippen LogP contribution in [0.3, 0.4) is 0 Å². The summed E-state index contributed by atoms with van der Waals surface area (Å²) < 4.78 is 5.85. The minimum absolute atomic E-state index is 0.0292. The Kier molecular flexibility index (Phi) is 6.73. The molecule has 6 heteroatoms. The van der Waals surface area contributed by atoms with E-state index in [0.29, 0.717) is 0 Å². The molecule has 1 fully saturated rings. The van der Waals surface area contributed by atoms with Crippen molar-refractivity contribution in [2.45, 2.75) is 60.1 Å². The fraction of sp³-hybridized carbons (Fsp3) is 0.467. The highest BCUT2D eigenvalue weighted by Crippen LogP contribution is 2.39. The van der Waals surface area contributed by atoms with Crippen LogP contribution in [-0.2, 0) is 17.7 Å². The molecule has 3 heterocycles. The number of methoxy groups -OCH3 is 1. The molecule has 3 aromatic rings. The van der Waals surface area contributed by atoms with E-state index in [9.17, 15) is 0 Å². The first kappa shape index (κ1) is 25.0. The van der Waals surface area contributed by atoms with Crippen LogP contribution in [-0.4, -0.2) is 42.8 Å². The number of hydrogen-bond donors (Lipinski definition) is 0. The van der Waals surface area contributed by atoms with Gasteiger partial charge in [0.2, 0.25) is 0 Å². The van der Waals surface area contributed by atoms with Gasteiger partial charge in [0.25, 0.3) is 0 Å². The summed E-state index contributed by atoms with van der Waals surface area (Å²) in [7, 11) is 1.83. The lowest BCUT2D eigenvalue weighted by Gasteiger charge is -2.45. The van der Waals surface area contributed by atoms with E-state index in [1.165, 1.54) is 33.6 Å². The quantitative estimate of drug-likeness (QED) is 0.403. The molecule has 0 unspecified atom stereocenters. The SMILES string of the molecule is CO[C@@H]1CCN(c2nc(-c3c(C)cccc3C)nc3c2CN(c2cc(Cl)ccc2C)CC3)CC1(C)C. The van der Waals surface area contributed by atoms with Gasteiger partial charge in [-0.2, -0.15) is 0 Å². The Bertz CT molecular complexity index is 1270. The number of rotatable bonds is 4. The summed E-state index contributed by atoms with van der Waals surface area (Å²) in [6.45, 7) is 14.6. The van der Waals surface area contributed by atoms with Gasteiger partial charge in [-0.05, 0) is 56.0 Å². The number of benzene rings is 2. The molecule has 0 amide bonds. The highest BCUT2D eigenvalue weighted by atomic mass is 35.5. The van der Waals surface area contributed by atoms with E-state index >= 15 is 0 Å². The van der Waals surface area contributed by atoms with Crippen molar-refractivity contribution < 1.29 is 4.74 Å². The van der Waals surface area contributed by atoms with Crippen molar-refractivity contribution in [2.24, 2.45) is 5.41 Å². The minimum Gasteiger partial charge on any atom is -0.381 e. The molecule has 0 N–H and O–H groups in total. The van der Waals surface area contributed by atoms with Crippen molar-refractivity contribution >= 4 is 23.1 Å². The fourth-order valence-electron chi connectivity index (χ4n) is 6.02. The van der Waals surface area contributed by atoms with Crippen molar-refractivity contribution in [3.8, 4) is 11.4 Å². The third-order valence-corrected chi connectivity index (χ3v) is 8.21. The molecular formula is C30H37ClN4O. The molecule has 0 aliphatic carbocycles. The van der Waals surface area contributed by atoms with E-state index in [0.717, 1.165) is 61.2 Å². The number of aryl methyl sites for hydroxylation is 3. The molecule has 0 spiro atoms. The molecule has 190 valence electrons. The van der Waals surface area contributed by atoms with Gasteiger partial charge in [0.05, 0.1) is 11.8 Å². The van der Waals surface area contributed by atoms with E-state index in [4.69, 9.17) is 26.3 Å². The molecule has 1 atom stereocenters. The Morgan fingerprint density at radius 1 is 0.972 bits per heavy atom. The first-order valence-electron chi connectivity index (χ1n) is 12.9. The van der Waals surface area contributed by atoms with Crippen LogP contribution >= 0.6 is 11.6 Å². The van der Waals surface area contributed by atoms with Crippen LogP contribution in [0.2, 0.25) is 5.02 Å². The molecule has 1 saturated heterocycles. The van der Waals surface area contributed by atoms with Crippen LogP contribution in [0.25, 0.3) is 11.4 Å². The second-order valence-electron chi connectivity index (χ2n) is 11.1. The van der Waals surface area contributed by atoms with Gasteiger partial charge < -0.3 is 14.5 Å². The van der Waals surface area contributed by atoms with Gasteiger partial charge in [-0.25, -0.2) is 9.97 Å². The molecule has 2 aliphatic rings. The molecule has 0 saturated carbocycles. The van der Waals surface area contributed by atoms with E-state index in [-0.39, 0.29) is 11.5 Å². The molecule has 36 heavy (non-hydrogen) atoms. The molecule has 5 rings (SSSR count). The fourth-order valence-corrected chi connectivity index (χ4v) is 6.19. The number of ether oxygens (including phenoxy) is 1. The summed E-state index contributed by atoms with van der Waals surface area (Å²) in [6, 6.07) is 12.6. The predicted octanol–water partition coefficient (Wildman–Crippen LogP) is 6.54. The standard InChI is InChI=1S/C30H37ClN4O/c1-19-10-11-22(31)16-25(19)34-14-12-24-23(17-34)29(35-15-13-26(36-6)30(4,5)18-35)33-28(32-24)27-20(2)8-7-9-21(27)3/h7-11,16,26H,12-15,17-18H2,1-6H3/t26-/m1/s1. The molecule has 0 bridgehead atoms. The maximum absolute atomic E-state index is 6.39. The first-order chi connectivity index (χ1) is 17.2. The van der Waals surface area contributed by atoms with Crippen LogP contribution < -0.4 is 9.80 Å². The second-order valence-corrected chi connectivity index (χ2v) is 11.5. The van der Waals surface area contributed by atoms with Gasteiger partial charge in [0, 0.05) is 67.0 Å². The molecular weight excluding hydrogens is 468 g/mol. The largest absolute Gasteiger partial charge is 0.381 e. The van der Waals surface area contributed by atoms with E-state index < -0.39 is 0 Å². The summed E-state index contributed by atoms with van der Waals surface area (Å²) in [5.41, 5.74) is 8.44. The average molecular weight is 505 g/mol. The highest BCUT2D eigenvalue weighted by molar-refractivity contribution is 6.30. The summed E-state index contributed by atoms with van der Waals surface area (Å²) in [4.78, 5) is 15.4. The predicted molar refractivity (Wildman–Crippen MR) is 149 cm³/mol. The molecule has 2 aliphatic heterocycles. The number of aromatic nitrogens is 2. The lowest BCUT2D eigenvalue weighted by atomic mass is 9.81. The Balaban J connectivity index is 1.62. The summed E-state index contributed by atoms with van der Waals surface area (Å²) in [5, 5.41) is 0.770. The van der Waals surface area contributed by atoms with E-state index in [1.807, 2.05) is 13.2 Å². The summed E-state index contributed by atoms with van der Waals surface area (Å²) >= 11 is 6.39. The summed E-state index contributed by atoms with van der Waals surface area (Å²) in [5.74, 6) is 1.92. The summed E-state index contributed by atoms with van der Waals surface area (Å²) in [6.07, 6.45) is 2.11. The molecule has 5 nitrogen and oxygen atoms in total. The van der Waals surface area contributed by atoms with Crippen molar-refractivity contribution in [3.05, 3.63) is 69.4 Å². The Morgan fingerprint density at radius 3 is 2.42 bits per heavy atom. The molecule has 2 aromatic carbocycles. The highest BCUT2D eigenvalue weighted by Gasteiger charge is 2.38. The van der Waals surface area contributed by atoms with Gasteiger partial charge in [-0.15, -0.1) is 0 Å². The Morgan fingerprint density at radius 2 is 1.72 bits per heavy atom. The minimum atomic E-state index is 0.0292. The van der Waals surface area contributed by atoms with Crippen LogP contribution in [0.4, 0.5) is 11.5 Å². The van der Waals surface area contributed by atoms with Crippen molar-refractivity contribution in [1.82, 2.24) is 9.97 Å². The van der Waals surface area contributed by atoms with Gasteiger partial charge in [-0.1, -0.05) is 49.7 Å². The maximum Gasteiger partial charge on any atom is 0.162 e. The van der Waals surface area contributed by atoms with E-state index in [2.05, 4.69) is 74.8 Å². The van der Waals surface area contributed by atoms with Gasteiger partial charge in [0.15, 0.2) is 5.82 Å². The average Bonchev–Trinajstić information content (AvgIpc) is 2.84. The molecule has 0 radical (unpaired) electrons. The van der Waals surface area contributed by atoms with Crippen molar-refractivity contribution in [3.63, 3.8) is 0 Å². The van der Waals surface area contributed by atoms with Crippen molar-refractivity contribution in [1.29, 1.82) is 0 Å².